The van der Waals surface area contributed by atoms with Crippen molar-refractivity contribution in [2.45, 2.75) is 6.04 Å². The van der Waals surface area contributed by atoms with E-state index in [1.165, 1.54) is 0 Å². The quantitative estimate of drug-likeness (QED) is 0.787. The molecule has 0 spiro atoms. The Hall–Kier alpha value is -0.120. The van der Waals surface area contributed by atoms with Gasteiger partial charge in [0, 0.05) is 14.5 Å². The van der Waals surface area contributed by atoms with Crippen molar-refractivity contribution in [1.29, 1.82) is 5.26 Å². The van der Waals surface area contributed by atoms with Crippen molar-refractivity contribution in [1.82, 2.24) is 0 Å². The van der Waals surface area contributed by atoms with Crippen LogP contribution in [0.1, 0.15) is 11.6 Å². The van der Waals surface area contributed by atoms with Crippen LogP contribution in [0.25, 0.3) is 0 Å². The van der Waals surface area contributed by atoms with Crippen LogP contribution in [0.15, 0.2) is 10.8 Å². The SMILES string of the molecule is N#CC(N)c1cscc1I. The summed E-state index contributed by atoms with van der Waals surface area (Å²) in [6.45, 7) is 0. The Bertz CT molecular complexity index is 263. The lowest BCUT2D eigenvalue weighted by Gasteiger charge is -1.97. The first-order valence-corrected chi connectivity index (χ1v) is 4.64. The molecule has 1 aromatic heterocycles. The summed E-state index contributed by atoms with van der Waals surface area (Å²) < 4.78 is 1.08. The molecular weight excluding hydrogens is 259 g/mol. The summed E-state index contributed by atoms with van der Waals surface area (Å²) in [5, 5.41) is 12.3. The summed E-state index contributed by atoms with van der Waals surface area (Å²) in [5.74, 6) is 0. The number of hydrogen-bond acceptors (Lipinski definition) is 3. The van der Waals surface area contributed by atoms with Crippen LogP contribution in [0.4, 0.5) is 0 Å². The molecule has 0 radical (unpaired) electrons. The van der Waals surface area contributed by atoms with Gasteiger partial charge in [0.1, 0.15) is 6.04 Å². The van der Waals surface area contributed by atoms with Crippen LogP contribution in [-0.2, 0) is 0 Å². The van der Waals surface area contributed by atoms with Crippen LogP contribution in [0.2, 0.25) is 0 Å². The minimum Gasteiger partial charge on any atom is -0.312 e. The molecule has 4 heteroatoms. The summed E-state index contributed by atoms with van der Waals surface area (Å²) in [5.41, 5.74) is 6.42. The number of nitrogens with zero attached hydrogens (tertiary/aromatic N) is 1. The van der Waals surface area contributed by atoms with E-state index in [0.29, 0.717) is 0 Å². The van der Waals surface area contributed by atoms with Crippen LogP contribution >= 0.6 is 33.9 Å². The topological polar surface area (TPSA) is 49.8 Å². The number of halogens is 1. The van der Waals surface area contributed by atoms with Gasteiger partial charge in [-0.2, -0.15) is 16.6 Å². The average molecular weight is 264 g/mol. The lowest BCUT2D eigenvalue weighted by molar-refractivity contribution is 0.926. The van der Waals surface area contributed by atoms with Crippen LogP contribution in [0, 0.1) is 14.9 Å². The third-order valence-corrected chi connectivity index (χ3v) is 3.24. The monoisotopic (exact) mass is 264 g/mol. The normalized spacial score (nSPS) is 12.5. The molecule has 1 unspecified atom stereocenters. The van der Waals surface area contributed by atoms with Gasteiger partial charge in [0.25, 0.3) is 0 Å². The Balaban J connectivity index is 2.96. The van der Waals surface area contributed by atoms with E-state index in [0.717, 1.165) is 9.13 Å². The highest BCUT2D eigenvalue weighted by Crippen LogP contribution is 2.21. The summed E-state index contributed by atoms with van der Waals surface area (Å²) in [6.07, 6.45) is 0. The second kappa shape index (κ2) is 3.32. The van der Waals surface area contributed by atoms with Crippen molar-refractivity contribution < 1.29 is 0 Å². The minimum atomic E-state index is -0.460. The molecule has 1 heterocycles. The highest BCUT2D eigenvalue weighted by molar-refractivity contribution is 14.1. The molecule has 1 rings (SSSR count). The van der Waals surface area contributed by atoms with Gasteiger partial charge in [-0.1, -0.05) is 0 Å². The smallest absolute Gasteiger partial charge is 0.120 e. The second-order valence-corrected chi connectivity index (χ2v) is 3.69. The molecule has 0 saturated carbocycles. The second-order valence-electron chi connectivity index (χ2n) is 1.78. The van der Waals surface area contributed by atoms with Crippen molar-refractivity contribution >= 4 is 33.9 Å². The van der Waals surface area contributed by atoms with E-state index in [-0.39, 0.29) is 0 Å². The fourth-order valence-electron chi connectivity index (χ4n) is 0.583. The molecule has 0 amide bonds. The largest absolute Gasteiger partial charge is 0.312 e. The molecule has 0 saturated heterocycles. The van der Waals surface area contributed by atoms with E-state index in [2.05, 4.69) is 22.6 Å². The molecule has 0 aliphatic carbocycles. The van der Waals surface area contributed by atoms with Gasteiger partial charge < -0.3 is 5.73 Å². The molecular formula is C6H5IN2S. The number of hydrogen-bond donors (Lipinski definition) is 1. The Morgan fingerprint density at radius 2 is 2.40 bits per heavy atom. The zero-order valence-corrected chi connectivity index (χ0v) is 8.02. The Labute approximate surface area is 76.8 Å². The molecule has 0 fully saturated rings. The summed E-state index contributed by atoms with van der Waals surface area (Å²) >= 11 is 3.74. The average Bonchev–Trinajstić information content (AvgIpc) is 2.34. The van der Waals surface area contributed by atoms with Crippen LogP contribution < -0.4 is 5.73 Å². The predicted octanol–water partition coefficient (Wildman–Crippen LogP) is 1.88. The maximum atomic E-state index is 8.46. The number of thiophene rings is 1. The van der Waals surface area contributed by atoms with E-state index in [1.54, 1.807) is 11.3 Å². The summed E-state index contributed by atoms with van der Waals surface area (Å²) in [4.78, 5) is 0. The van der Waals surface area contributed by atoms with Gasteiger partial charge in [0.15, 0.2) is 0 Å². The van der Waals surface area contributed by atoms with E-state index in [1.807, 2.05) is 16.8 Å². The lowest BCUT2D eigenvalue weighted by atomic mass is 10.2. The van der Waals surface area contributed by atoms with Crippen molar-refractivity contribution in [2.24, 2.45) is 5.73 Å². The van der Waals surface area contributed by atoms with E-state index in [9.17, 15) is 0 Å². The molecule has 1 aromatic rings. The third kappa shape index (κ3) is 1.48. The first-order valence-electron chi connectivity index (χ1n) is 2.62. The minimum absolute atomic E-state index is 0.460. The van der Waals surface area contributed by atoms with Gasteiger partial charge in [-0.25, -0.2) is 0 Å². The van der Waals surface area contributed by atoms with Gasteiger partial charge in [0.2, 0.25) is 0 Å². The first-order chi connectivity index (χ1) is 4.75. The maximum absolute atomic E-state index is 8.46. The van der Waals surface area contributed by atoms with Crippen LogP contribution in [-0.4, -0.2) is 0 Å². The summed E-state index contributed by atoms with van der Waals surface area (Å²) in [6, 6.07) is 1.53. The highest BCUT2D eigenvalue weighted by atomic mass is 127. The predicted molar refractivity (Wildman–Crippen MR) is 49.6 cm³/mol. The Morgan fingerprint density at radius 3 is 2.80 bits per heavy atom. The molecule has 10 heavy (non-hydrogen) atoms. The lowest BCUT2D eigenvalue weighted by Crippen LogP contribution is -2.06. The highest BCUT2D eigenvalue weighted by Gasteiger charge is 2.07. The number of rotatable bonds is 1. The van der Waals surface area contributed by atoms with Crippen molar-refractivity contribution in [3.63, 3.8) is 0 Å². The molecule has 0 aromatic carbocycles. The van der Waals surface area contributed by atoms with E-state index >= 15 is 0 Å². The van der Waals surface area contributed by atoms with Crippen LogP contribution in [0.3, 0.4) is 0 Å². The van der Waals surface area contributed by atoms with Gasteiger partial charge >= 0.3 is 0 Å². The molecule has 2 nitrogen and oxygen atoms in total. The molecule has 0 aliphatic heterocycles. The third-order valence-electron chi connectivity index (χ3n) is 1.12. The van der Waals surface area contributed by atoms with E-state index in [4.69, 9.17) is 11.0 Å². The standard InChI is InChI=1S/C6H5IN2S/c7-5-3-10-2-4(5)6(9)1-8/h2-3,6H,9H2. The van der Waals surface area contributed by atoms with Gasteiger partial charge in [-0.15, -0.1) is 0 Å². The van der Waals surface area contributed by atoms with Gasteiger partial charge in [-0.3, -0.25) is 0 Å². The zero-order chi connectivity index (χ0) is 7.56. The molecule has 0 bridgehead atoms. The van der Waals surface area contributed by atoms with Crippen molar-refractivity contribution in [3.05, 3.63) is 19.9 Å². The Morgan fingerprint density at radius 1 is 1.70 bits per heavy atom. The fraction of sp³-hybridized carbons (Fsp3) is 0.167. The fourth-order valence-corrected chi connectivity index (χ4v) is 2.47. The van der Waals surface area contributed by atoms with Gasteiger partial charge in [0.05, 0.1) is 6.07 Å². The number of nitriles is 1. The number of nitrogens with two attached hydrogens (primary N) is 1. The van der Waals surface area contributed by atoms with Crippen molar-refractivity contribution in [3.8, 4) is 6.07 Å². The molecule has 1 atom stereocenters. The van der Waals surface area contributed by atoms with Crippen LogP contribution in [0.5, 0.6) is 0 Å². The maximum Gasteiger partial charge on any atom is 0.120 e. The van der Waals surface area contributed by atoms with Crippen molar-refractivity contribution in [2.75, 3.05) is 0 Å². The van der Waals surface area contributed by atoms with Gasteiger partial charge in [-0.05, 0) is 28.0 Å². The zero-order valence-electron chi connectivity index (χ0n) is 5.04. The van der Waals surface area contributed by atoms with E-state index < -0.39 is 6.04 Å². The Kier molecular flexibility index (Phi) is 2.65. The molecule has 0 aliphatic rings. The first kappa shape index (κ1) is 7.98. The molecule has 52 valence electrons. The summed E-state index contributed by atoms with van der Waals surface area (Å²) in [7, 11) is 0. The molecule has 2 N–H and O–H groups in total.